The Morgan fingerprint density at radius 1 is 1.45 bits per heavy atom. The molecular formula is C13H15BrFN5. The van der Waals surface area contributed by atoms with E-state index in [2.05, 4.69) is 48.3 Å². The van der Waals surface area contributed by atoms with Gasteiger partial charge in [-0.15, -0.1) is 5.10 Å². The Balaban J connectivity index is 1.88. The standard InChI is InChI=1S/C13H15BrFN5/c1-8-7-20(6-5-16-8)13-17-12(18-19-13)9-3-2-4-10(15)11(9)14/h2-4,8,16H,5-7H2,1H3,(H,17,18,19)/t8-/m0/s1. The van der Waals surface area contributed by atoms with Gasteiger partial charge in [0.05, 0.1) is 4.47 Å². The number of aromatic nitrogens is 3. The van der Waals surface area contributed by atoms with Gasteiger partial charge in [0.1, 0.15) is 5.82 Å². The summed E-state index contributed by atoms with van der Waals surface area (Å²) in [4.78, 5) is 6.59. The fourth-order valence-corrected chi connectivity index (χ4v) is 2.77. The number of aromatic amines is 1. The number of anilines is 1. The highest BCUT2D eigenvalue weighted by atomic mass is 79.9. The summed E-state index contributed by atoms with van der Waals surface area (Å²) < 4.78 is 13.9. The molecule has 1 saturated heterocycles. The molecule has 7 heteroatoms. The minimum atomic E-state index is -0.309. The van der Waals surface area contributed by atoms with Crippen LogP contribution in [0.5, 0.6) is 0 Å². The first-order valence-electron chi connectivity index (χ1n) is 6.50. The number of rotatable bonds is 2. The van der Waals surface area contributed by atoms with Gasteiger partial charge in [-0.2, -0.15) is 4.98 Å². The van der Waals surface area contributed by atoms with Gasteiger partial charge in [-0.3, -0.25) is 5.10 Å². The van der Waals surface area contributed by atoms with Crippen LogP contribution in [0.25, 0.3) is 11.4 Å². The Kier molecular flexibility index (Phi) is 3.71. The minimum absolute atomic E-state index is 0.309. The van der Waals surface area contributed by atoms with Crippen molar-refractivity contribution in [3.05, 3.63) is 28.5 Å². The fraction of sp³-hybridized carbons (Fsp3) is 0.385. The lowest BCUT2D eigenvalue weighted by molar-refractivity contribution is 0.480. The van der Waals surface area contributed by atoms with Crippen molar-refractivity contribution in [1.82, 2.24) is 20.5 Å². The maximum Gasteiger partial charge on any atom is 0.245 e. The van der Waals surface area contributed by atoms with E-state index in [-0.39, 0.29) is 5.82 Å². The maximum atomic E-state index is 13.5. The Bertz CT molecular complexity index is 615. The van der Waals surface area contributed by atoms with Crippen molar-refractivity contribution in [1.29, 1.82) is 0 Å². The summed E-state index contributed by atoms with van der Waals surface area (Å²) in [6.07, 6.45) is 0. The smallest absolute Gasteiger partial charge is 0.245 e. The summed E-state index contributed by atoms with van der Waals surface area (Å²) in [5.41, 5.74) is 0.673. The Morgan fingerprint density at radius 3 is 3.10 bits per heavy atom. The van der Waals surface area contributed by atoms with Gasteiger partial charge < -0.3 is 10.2 Å². The molecule has 2 aromatic rings. The van der Waals surface area contributed by atoms with Gasteiger partial charge in [-0.1, -0.05) is 6.07 Å². The first-order valence-corrected chi connectivity index (χ1v) is 7.29. The molecule has 0 saturated carbocycles. The second-order valence-corrected chi connectivity index (χ2v) is 5.68. The lowest BCUT2D eigenvalue weighted by Gasteiger charge is -2.30. The summed E-state index contributed by atoms with van der Waals surface area (Å²) in [6, 6.07) is 5.28. The average molecular weight is 340 g/mol. The Hall–Kier alpha value is -1.47. The fourth-order valence-electron chi connectivity index (χ4n) is 2.32. The summed E-state index contributed by atoms with van der Waals surface area (Å²) in [5, 5.41) is 10.5. The zero-order chi connectivity index (χ0) is 14.1. The Morgan fingerprint density at radius 2 is 2.30 bits per heavy atom. The van der Waals surface area contributed by atoms with E-state index in [4.69, 9.17) is 0 Å². The summed E-state index contributed by atoms with van der Waals surface area (Å²) >= 11 is 3.25. The predicted molar refractivity (Wildman–Crippen MR) is 79.2 cm³/mol. The lowest BCUT2D eigenvalue weighted by Crippen LogP contribution is -2.49. The van der Waals surface area contributed by atoms with E-state index in [1.54, 1.807) is 12.1 Å². The molecule has 0 amide bonds. The van der Waals surface area contributed by atoms with Crippen molar-refractivity contribution in [2.75, 3.05) is 24.5 Å². The molecule has 0 bridgehead atoms. The van der Waals surface area contributed by atoms with Gasteiger partial charge in [0.15, 0.2) is 5.82 Å². The van der Waals surface area contributed by atoms with Gasteiger partial charge in [0, 0.05) is 31.2 Å². The number of hydrogen-bond donors (Lipinski definition) is 2. The Labute approximate surface area is 124 Å². The highest BCUT2D eigenvalue weighted by molar-refractivity contribution is 9.10. The van der Waals surface area contributed by atoms with Crippen LogP contribution < -0.4 is 10.2 Å². The minimum Gasteiger partial charge on any atom is -0.337 e. The molecule has 3 rings (SSSR count). The lowest BCUT2D eigenvalue weighted by atomic mass is 10.2. The second-order valence-electron chi connectivity index (χ2n) is 4.89. The van der Waals surface area contributed by atoms with Gasteiger partial charge >= 0.3 is 0 Å². The molecule has 1 fully saturated rings. The van der Waals surface area contributed by atoms with E-state index in [0.29, 0.717) is 27.9 Å². The van der Waals surface area contributed by atoms with Crippen LogP contribution in [0.15, 0.2) is 22.7 Å². The normalized spacial score (nSPS) is 19.4. The van der Waals surface area contributed by atoms with Crippen LogP contribution in [0, 0.1) is 5.82 Å². The van der Waals surface area contributed by atoms with Gasteiger partial charge in [0.2, 0.25) is 5.95 Å². The molecule has 1 atom stereocenters. The first-order chi connectivity index (χ1) is 9.65. The van der Waals surface area contributed by atoms with Gasteiger partial charge in [-0.05, 0) is 35.0 Å². The molecule has 106 valence electrons. The molecular weight excluding hydrogens is 325 g/mol. The van der Waals surface area contributed by atoms with Crippen molar-refractivity contribution in [2.24, 2.45) is 0 Å². The van der Waals surface area contributed by atoms with Crippen LogP contribution in [0.2, 0.25) is 0 Å². The number of benzene rings is 1. The first kappa shape index (κ1) is 13.5. The van der Waals surface area contributed by atoms with Crippen LogP contribution in [0.1, 0.15) is 6.92 Å². The quantitative estimate of drug-likeness (QED) is 0.880. The molecule has 0 aliphatic carbocycles. The zero-order valence-electron chi connectivity index (χ0n) is 11.0. The van der Waals surface area contributed by atoms with Crippen LogP contribution >= 0.6 is 15.9 Å². The SMILES string of the molecule is C[C@H]1CN(c2n[nH]c(-c3cccc(F)c3Br)n2)CCN1. The topological polar surface area (TPSA) is 56.8 Å². The third-order valence-electron chi connectivity index (χ3n) is 3.33. The van der Waals surface area contributed by atoms with Crippen LogP contribution in [0.3, 0.4) is 0 Å². The molecule has 20 heavy (non-hydrogen) atoms. The summed E-state index contributed by atoms with van der Waals surface area (Å²) in [5.74, 6) is 0.915. The van der Waals surface area contributed by atoms with Crippen molar-refractivity contribution >= 4 is 21.9 Å². The van der Waals surface area contributed by atoms with E-state index in [0.717, 1.165) is 19.6 Å². The number of nitrogens with zero attached hydrogens (tertiary/aromatic N) is 3. The third-order valence-corrected chi connectivity index (χ3v) is 4.14. The van der Waals surface area contributed by atoms with Crippen LogP contribution in [-0.2, 0) is 0 Å². The molecule has 2 heterocycles. The van der Waals surface area contributed by atoms with Crippen molar-refractivity contribution in [2.45, 2.75) is 13.0 Å². The van der Waals surface area contributed by atoms with Gasteiger partial charge in [0.25, 0.3) is 0 Å². The summed E-state index contributed by atoms with van der Waals surface area (Å²) in [7, 11) is 0. The number of H-pyrrole nitrogens is 1. The van der Waals surface area contributed by atoms with Gasteiger partial charge in [-0.25, -0.2) is 4.39 Å². The molecule has 1 aliphatic heterocycles. The molecule has 5 nitrogen and oxygen atoms in total. The molecule has 0 unspecified atom stereocenters. The van der Waals surface area contributed by atoms with Crippen LogP contribution in [-0.4, -0.2) is 40.9 Å². The number of hydrogen-bond acceptors (Lipinski definition) is 4. The van der Waals surface area contributed by atoms with E-state index in [1.165, 1.54) is 6.07 Å². The average Bonchev–Trinajstić information content (AvgIpc) is 2.91. The zero-order valence-corrected chi connectivity index (χ0v) is 12.6. The second kappa shape index (κ2) is 5.49. The molecule has 1 aliphatic rings. The maximum absolute atomic E-state index is 13.5. The number of nitrogens with one attached hydrogen (secondary N) is 2. The highest BCUT2D eigenvalue weighted by Crippen LogP contribution is 2.28. The van der Waals surface area contributed by atoms with Crippen molar-refractivity contribution in [3.63, 3.8) is 0 Å². The highest BCUT2D eigenvalue weighted by Gasteiger charge is 2.20. The van der Waals surface area contributed by atoms with E-state index < -0.39 is 0 Å². The monoisotopic (exact) mass is 339 g/mol. The third kappa shape index (κ3) is 2.55. The molecule has 0 radical (unpaired) electrons. The number of halogens is 2. The molecule has 2 N–H and O–H groups in total. The van der Waals surface area contributed by atoms with E-state index >= 15 is 0 Å². The van der Waals surface area contributed by atoms with E-state index in [9.17, 15) is 4.39 Å². The predicted octanol–water partition coefficient (Wildman–Crippen LogP) is 2.17. The molecule has 0 spiro atoms. The van der Waals surface area contributed by atoms with Crippen molar-refractivity contribution in [3.8, 4) is 11.4 Å². The summed E-state index contributed by atoms with van der Waals surface area (Å²) in [6.45, 7) is 4.77. The number of piperazine rings is 1. The van der Waals surface area contributed by atoms with Crippen LogP contribution in [0.4, 0.5) is 10.3 Å². The van der Waals surface area contributed by atoms with E-state index in [1.807, 2.05) is 0 Å². The van der Waals surface area contributed by atoms with Crippen molar-refractivity contribution < 1.29 is 4.39 Å². The molecule has 1 aromatic carbocycles. The molecule has 1 aromatic heterocycles. The largest absolute Gasteiger partial charge is 0.337 e.